The number of anilines is 1. The number of aryl methyl sites for hydroxylation is 1. The molecule has 0 radical (unpaired) electrons. The van der Waals surface area contributed by atoms with Gasteiger partial charge < -0.3 is 15.2 Å². The highest BCUT2D eigenvalue weighted by Gasteiger charge is 2.31. The first kappa shape index (κ1) is 19.5. The highest BCUT2D eigenvalue weighted by molar-refractivity contribution is 5.95. The van der Waals surface area contributed by atoms with Crippen LogP contribution in [0.3, 0.4) is 0 Å². The number of aromatic nitrogens is 4. The number of aliphatic imine (C=N–C) groups is 1. The lowest BCUT2D eigenvalue weighted by atomic mass is 10.1. The summed E-state index contributed by atoms with van der Waals surface area (Å²) >= 11 is 0. The molecule has 1 unspecified atom stereocenters. The van der Waals surface area contributed by atoms with E-state index in [-0.39, 0.29) is 17.2 Å². The quantitative estimate of drug-likeness (QED) is 0.485. The van der Waals surface area contributed by atoms with Gasteiger partial charge in [-0.3, -0.25) is 14.6 Å². The molecule has 0 bridgehead atoms. The summed E-state index contributed by atoms with van der Waals surface area (Å²) in [7, 11) is 1.70. The van der Waals surface area contributed by atoms with Crippen molar-refractivity contribution in [3.05, 3.63) is 53.7 Å². The van der Waals surface area contributed by atoms with Crippen molar-refractivity contribution in [2.45, 2.75) is 12.6 Å². The number of rotatable bonds is 2. The third kappa shape index (κ3) is 3.15. The van der Waals surface area contributed by atoms with Gasteiger partial charge in [-0.05, 0) is 18.2 Å². The van der Waals surface area contributed by atoms with Crippen LogP contribution in [-0.2, 0) is 7.05 Å². The molecule has 2 aliphatic rings. The van der Waals surface area contributed by atoms with E-state index in [1.54, 1.807) is 13.2 Å². The molecule has 1 atom stereocenters. The van der Waals surface area contributed by atoms with E-state index in [1.807, 2.05) is 16.7 Å². The Labute approximate surface area is 186 Å². The second kappa shape index (κ2) is 7.19. The van der Waals surface area contributed by atoms with Crippen LogP contribution in [0.25, 0.3) is 22.3 Å². The summed E-state index contributed by atoms with van der Waals surface area (Å²) in [6, 6.07) is 6.92. The van der Waals surface area contributed by atoms with Gasteiger partial charge in [-0.1, -0.05) is 0 Å². The minimum atomic E-state index is -0.720. The molecule has 3 N–H and O–H groups in total. The fourth-order valence-corrected chi connectivity index (χ4v) is 4.22. The number of nitrogens with one attached hydrogen (secondary N) is 1. The second-order valence-corrected chi connectivity index (χ2v) is 7.89. The Morgan fingerprint density at radius 2 is 1.91 bits per heavy atom. The van der Waals surface area contributed by atoms with Crippen molar-refractivity contribution in [2.75, 3.05) is 18.5 Å². The molecular formula is C22H19F2N7O2. The summed E-state index contributed by atoms with van der Waals surface area (Å²) in [5.74, 6) is 0.665. The molecular weight excluding hydrogens is 432 g/mol. The van der Waals surface area contributed by atoms with Gasteiger partial charge in [0.25, 0.3) is 0 Å². The largest absolute Gasteiger partial charge is 0.489 e. The molecule has 9 nitrogen and oxygen atoms in total. The number of nitrogens with zero attached hydrogens (tertiary/aromatic N) is 5. The first-order chi connectivity index (χ1) is 16.0. The molecule has 33 heavy (non-hydrogen) atoms. The second-order valence-electron chi connectivity index (χ2n) is 7.89. The van der Waals surface area contributed by atoms with Crippen LogP contribution in [-0.4, -0.2) is 38.5 Å². The predicted octanol–water partition coefficient (Wildman–Crippen LogP) is 3.16. The minimum absolute atomic E-state index is 0.0366. The van der Waals surface area contributed by atoms with E-state index < -0.39 is 17.8 Å². The van der Waals surface area contributed by atoms with E-state index in [1.165, 1.54) is 4.68 Å². The van der Waals surface area contributed by atoms with E-state index in [4.69, 9.17) is 15.2 Å². The summed E-state index contributed by atoms with van der Waals surface area (Å²) in [6.45, 7) is 1.10. The molecule has 2 aliphatic heterocycles. The third-order valence-corrected chi connectivity index (χ3v) is 5.62. The van der Waals surface area contributed by atoms with E-state index in [2.05, 4.69) is 20.4 Å². The molecule has 168 valence electrons. The molecule has 0 saturated heterocycles. The Hall–Kier alpha value is -4.15. The van der Waals surface area contributed by atoms with Gasteiger partial charge in [0.05, 0.1) is 24.2 Å². The lowest BCUT2D eigenvalue weighted by molar-refractivity contribution is 0.297. The molecule has 4 heterocycles. The highest BCUT2D eigenvalue weighted by Crippen LogP contribution is 2.41. The Kier molecular flexibility index (Phi) is 4.25. The van der Waals surface area contributed by atoms with Crippen molar-refractivity contribution in [1.29, 1.82) is 0 Å². The number of fused-ring (bicyclic) bond motifs is 4. The van der Waals surface area contributed by atoms with Crippen LogP contribution in [0.15, 0.2) is 41.5 Å². The summed E-state index contributed by atoms with van der Waals surface area (Å²) in [5.41, 5.74) is 8.28. The van der Waals surface area contributed by atoms with E-state index in [0.717, 1.165) is 30.1 Å². The van der Waals surface area contributed by atoms with Crippen LogP contribution < -0.4 is 20.5 Å². The maximum atomic E-state index is 14.7. The molecule has 6 rings (SSSR count). The Bertz CT molecular complexity index is 1440. The number of imidazole rings is 1. The average Bonchev–Trinajstić information content (AvgIpc) is 3.24. The van der Waals surface area contributed by atoms with Gasteiger partial charge in [0.2, 0.25) is 5.95 Å². The van der Waals surface area contributed by atoms with Gasteiger partial charge in [-0.2, -0.15) is 5.10 Å². The van der Waals surface area contributed by atoms with Gasteiger partial charge in [0, 0.05) is 42.9 Å². The monoisotopic (exact) mass is 451 g/mol. The first-order valence-electron chi connectivity index (χ1n) is 10.4. The number of nitrogens with two attached hydrogens (primary N) is 1. The first-order valence-corrected chi connectivity index (χ1v) is 10.4. The fraction of sp³-hybridized carbons (Fsp3) is 0.227. The molecule has 0 aliphatic carbocycles. The van der Waals surface area contributed by atoms with Gasteiger partial charge >= 0.3 is 0 Å². The summed E-state index contributed by atoms with van der Waals surface area (Å²) < 4.78 is 43.6. The minimum Gasteiger partial charge on any atom is -0.489 e. The van der Waals surface area contributed by atoms with Gasteiger partial charge in [-0.15, -0.1) is 0 Å². The number of ether oxygens (including phenoxy) is 2. The van der Waals surface area contributed by atoms with Crippen molar-refractivity contribution >= 4 is 22.9 Å². The van der Waals surface area contributed by atoms with Crippen molar-refractivity contribution in [2.24, 2.45) is 17.8 Å². The number of hydrogen-bond donors (Lipinski definition) is 2. The normalized spacial score (nSPS) is 17.3. The molecule has 0 amide bonds. The number of guanidine groups is 1. The van der Waals surface area contributed by atoms with Crippen molar-refractivity contribution in [3.8, 4) is 22.8 Å². The number of benzene rings is 2. The fourth-order valence-electron chi connectivity index (χ4n) is 4.22. The van der Waals surface area contributed by atoms with Gasteiger partial charge in [-0.25, -0.2) is 18.8 Å². The van der Waals surface area contributed by atoms with Crippen LogP contribution in [0, 0.1) is 11.6 Å². The van der Waals surface area contributed by atoms with Crippen LogP contribution in [0.4, 0.5) is 14.7 Å². The lowest BCUT2D eigenvalue weighted by Crippen LogP contribution is -2.31. The molecule has 2 aromatic carbocycles. The van der Waals surface area contributed by atoms with Crippen molar-refractivity contribution in [3.63, 3.8) is 0 Å². The zero-order valence-electron chi connectivity index (χ0n) is 17.5. The Balaban J connectivity index is 1.57. The standard InChI is InChI=1S/C22H19F2N7O2/c1-30-10-13(19(29-30)12-7-11(23)3-4-14(12)24)20-27-21(25)28-22-26-15-8-17-18(9-16(15)31(20)22)33-6-2-5-32-17/h3-4,7-10,20H,2,5-6H2,1H3,(H3,25,26,27,28). The topological polar surface area (TPSA) is 105 Å². The predicted molar refractivity (Wildman–Crippen MR) is 117 cm³/mol. The smallest absolute Gasteiger partial charge is 0.212 e. The number of halogens is 2. The van der Waals surface area contributed by atoms with Crippen molar-refractivity contribution < 1.29 is 18.3 Å². The Morgan fingerprint density at radius 3 is 2.73 bits per heavy atom. The molecule has 0 spiro atoms. The average molecular weight is 451 g/mol. The van der Waals surface area contributed by atoms with Crippen LogP contribution >= 0.6 is 0 Å². The van der Waals surface area contributed by atoms with Gasteiger partial charge in [0.15, 0.2) is 23.6 Å². The molecule has 4 aromatic rings. The number of hydrogen-bond acceptors (Lipinski definition) is 7. The van der Waals surface area contributed by atoms with E-state index in [0.29, 0.717) is 41.7 Å². The maximum absolute atomic E-state index is 14.7. The van der Waals surface area contributed by atoms with Gasteiger partial charge in [0.1, 0.15) is 17.3 Å². The SMILES string of the molecule is Cn1cc(C2N=C(N)Nc3nc4cc5c(cc4n32)OCCCO5)c(-c2cc(F)ccc2F)n1. The Morgan fingerprint density at radius 1 is 1.12 bits per heavy atom. The van der Waals surface area contributed by atoms with E-state index >= 15 is 0 Å². The molecule has 11 heteroatoms. The summed E-state index contributed by atoms with van der Waals surface area (Å²) in [6.07, 6.45) is 1.77. The lowest BCUT2D eigenvalue weighted by Gasteiger charge is -2.23. The zero-order valence-corrected chi connectivity index (χ0v) is 17.5. The van der Waals surface area contributed by atoms with E-state index in [9.17, 15) is 8.78 Å². The van der Waals surface area contributed by atoms with Crippen LogP contribution in [0.1, 0.15) is 18.2 Å². The zero-order chi connectivity index (χ0) is 22.7. The molecule has 0 fully saturated rings. The molecule has 0 saturated carbocycles. The third-order valence-electron chi connectivity index (χ3n) is 5.62. The van der Waals surface area contributed by atoms with Crippen LogP contribution in [0.5, 0.6) is 11.5 Å². The highest BCUT2D eigenvalue weighted by atomic mass is 19.1. The molecule has 2 aromatic heterocycles. The summed E-state index contributed by atoms with van der Waals surface area (Å²) in [5, 5.41) is 7.38. The maximum Gasteiger partial charge on any atom is 0.212 e. The van der Waals surface area contributed by atoms with Crippen LogP contribution in [0.2, 0.25) is 0 Å². The summed E-state index contributed by atoms with van der Waals surface area (Å²) in [4.78, 5) is 9.22. The van der Waals surface area contributed by atoms with Crippen molar-refractivity contribution in [1.82, 2.24) is 19.3 Å².